The Morgan fingerprint density at radius 1 is 1.03 bits per heavy atom. The van der Waals surface area contributed by atoms with Gasteiger partial charge in [-0.05, 0) is 43.2 Å². The van der Waals surface area contributed by atoms with E-state index in [1.807, 2.05) is 24.3 Å². The topological polar surface area (TPSA) is 98.5 Å². The van der Waals surface area contributed by atoms with Gasteiger partial charge in [-0.25, -0.2) is 18.2 Å². The number of para-hydroxylation sites is 2. The molecule has 2 aromatic carbocycles. The van der Waals surface area contributed by atoms with Gasteiger partial charge in [-0.1, -0.05) is 12.1 Å². The molecule has 1 aliphatic heterocycles. The number of hydrogen-bond acceptors (Lipinski definition) is 6. The molecule has 0 aliphatic carbocycles. The van der Waals surface area contributed by atoms with E-state index in [4.69, 9.17) is 8.83 Å². The van der Waals surface area contributed by atoms with Gasteiger partial charge < -0.3 is 8.83 Å². The Morgan fingerprint density at radius 2 is 1.79 bits per heavy atom. The fourth-order valence-corrected chi connectivity index (χ4v) is 5.31. The third-order valence-electron chi connectivity index (χ3n) is 5.51. The lowest BCUT2D eigenvalue weighted by Crippen LogP contribution is -2.37. The molecule has 0 N–H and O–H groups in total. The number of oxazole rings is 2. The Bertz CT molecular complexity index is 1340. The highest BCUT2D eigenvalue weighted by atomic mass is 32.2. The van der Waals surface area contributed by atoms with Gasteiger partial charge in [0.2, 0.25) is 10.0 Å². The van der Waals surface area contributed by atoms with Crippen LogP contribution < -0.4 is 5.76 Å². The van der Waals surface area contributed by atoms with Gasteiger partial charge in [-0.2, -0.15) is 4.31 Å². The smallest absolute Gasteiger partial charge is 0.419 e. The number of fused-ring (bicyclic) bond motifs is 2. The summed E-state index contributed by atoms with van der Waals surface area (Å²) in [4.78, 5) is 16.4. The summed E-state index contributed by atoms with van der Waals surface area (Å²) in [6.07, 6.45) is 1.27. The molecule has 5 rings (SSSR count). The summed E-state index contributed by atoms with van der Waals surface area (Å²) in [5.74, 6) is 0.234. The number of rotatable bonds is 3. The maximum Gasteiger partial charge on any atom is 0.419 e. The van der Waals surface area contributed by atoms with Crippen molar-refractivity contribution in [1.29, 1.82) is 0 Å². The van der Waals surface area contributed by atoms with Crippen molar-refractivity contribution in [3.8, 4) is 0 Å². The first kappa shape index (κ1) is 18.1. The van der Waals surface area contributed by atoms with E-state index in [0.717, 1.165) is 11.1 Å². The molecule has 4 aromatic rings. The van der Waals surface area contributed by atoms with Gasteiger partial charge >= 0.3 is 5.76 Å². The summed E-state index contributed by atoms with van der Waals surface area (Å²) in [5.41, 5.74) is 2.39. The number of benzene rings is 2. The summed E-state index contributed by atoms with van der Waals surface area (Å²) in [6.45, 7) is 0.766. The summed E-state index contributed by atoms with van der Waals surface area (Å²) < 4.78 is 39.9. The maximum absolute atomic E-state index is 13.1. The zero-order valence-corrected chi connectivity index (χ0v) is 16.6. The van der Waals surface area contributed by atoms with Crippen LogP contribution in [0.5, 0.6) is 0 Å². The van der Waals surface area contributed by atoms with Gasteiger partial charge in [-0.15, -0.1) is 0 Å². The molecule has 3 heterocycles. The number of hydrogen-bond donors (Lipinski definition) is 0. The lowest BCUT2D eigenvalue weighted by atomic mass is 9.98. The van der Waals surface area contributed by atoms with Crippen LogP contribution in [0.4, 0.5) is 0 Å². The SMILES string of the molecule is Cn1c(=O)oc2ccc(S(=O)(=O)N3CCC(c4nc5ccccc5o4)CC3)cc21. The molecule has 1 fully saturated rings. The normalized spacial score (nSPS) is 16.7. The number of piperidine rings is 1. The molecular weight excluding hydrogens is 394 g/mol. The zero-order chi connectivity index (χ0) is 20.2. The second-order valence-corrected chi connectivity index (χ2v) is 9.19. The standard InChI is InChI=1S/C20H19N3O5S/c1-22-16-12-14(6-7-18(16)28-20(22)24)29(25,26)23-10-8-13(9-11-23)19-21-15-4-2-3-5-17(15)27-19/h2-7,12-13H,8-11H2,1H3. The molecule has 2 aromatic heterocycles. The van der Waals surface area contributed by atoms with Crippen LogP contribution in [0.3, 0.4) is 0 Å². The Kier molecular flexibility index (Phi) is 4.11. The quantitative estimate of drug-likeness (QED) is 0.512. The fourth-order valence-electron chi connectivity index (χ4n) is 3.82. The van der Waals surface area contributed by atoms with E-state index in [1.165, 1.54) is 27.1 Å². The molecule has 0 saturated carbocycles. The largest absolute Gasteiger partial charge is 0.440 e. The second-order valence-electron chi connectivity index (χ2n) is 7.25. The molecule has 0 unspecified atom stereocenters. The third-order valence-corrected chi connectivity index (χ3v) is 7.41. The van der Waals surface area contributed by atoms with Crippen molar-refractivity contribution in [2.45, 2.75) is 23.7 Å². The van der Waals surface area contributed by atoms with Crippen molar-refractivity contribution in [3.63, 3.8) is 0 Å². The fraction of sp³-hybridized carbons (Fsp3) is 0.300. The molecule has 0 spiro atoms. The highest BCUT2D eigenvalue weighted by molar-refractivity contribution is 7.89. The van der Waals surface area contributed by atoms with E-state index in [1.54, 1.807) is 7.05 Å². The Balaban J connectivity index is 1.38. The molecule has 0 amide bonds. The lowest BCUT2D eigenvalue weighted by molar-refractivity contribution is 0.293. The van der Waals surface area contributed by atoms with Crippen LogP contribution in [0.15, 0.2) is 61.0 Å². The first-order valence-electron chi connectivity index (χ1n) is 9.39. The van der Waals surface area contributed by atoms with Crippen LogP contribution in [-0.2, 0) is 17.1 Å². The summed E-state index contributed by atoms with van der Waals surface area (Å²) in [6, 6.07) is 12.1. The van der Waals surface area contributed by atoms with E-state index in [2.05, 4.69) is 4.98 Å². The van der Waals surface area contributed by atoms with E-state index < -0.39 is 15.8 Å². The van der Waals surface area contributed by atoms with Crippen molar-refractivity contribution in [2.75, 3.05) is 13.1 Å². The average molecular weight is 413 g/mol. The van der Waals surface area contributed by atoms with E-state index in [0.29, 0.717) is 42.9 Å². The summed E-state index contributed by atoms with van der Waals surface area (Å²) >= 11 is 0. The number of aromatic nitrogens is 2. The van der Waals surface area contributed by atoms with Gasteiger partial charge in [0.15, 0.2) is 17.1 Å². The van der Waals surface area contributed by atoms with Crippen molar-refractivity contribution < 1.29 is 17.3 Å². The van der Waals surface area contributed by atoms with Gasteiger partial charge in [0.25, 0.3) is 0 Å². The third kappa shape index (κ3) is 2.97. The Morgan fingerprint density at radius 3 is 2.55 bits per heavy atom. The van der Waals surface area contributed by atoms with Crippen LogP contribution in [0.1, 0.15) is 24.7 Å². The maximum atomic E-state index is 13.1. The van der Waals surface area contributed by atoms with E-state index in [-0.39, 0.29) is 10.8 Å². The first-order valence-corrected chi connectivity index (χ1v) is 10.8. The molecule has 0 atom stereocenters. The Hall–Kier alpha value is -2.91. The molecule has 29 heavy (non-hydrogen) atoms. The van der Waals surface area contributed by atoms with Crippen molar-refractivity contribution in [1.82, 2.24) is 13.9 Å². The first-order chi connectivity index (χ1) is 13.9. The number of sulfonamides is 1. The molecule has 9 heteroatoms. The average Bonchev–Trinajstić information content (AvgIpc) is 3.29. The lowest BCUT2D eigenvalue weighted by Gasteiger charge is -2.29. The minimum Gasteiger partial charge on any atom is -0.440 e. The number of nitrogens with zero attached hydrogens (tertiary/aromatic N) is 3. The van der Waals surface area contributed by atoms with Crippen LogP contribution >= 0.6 is 0 Å². The molecule has 150 valence electrons. The monoisotopic (exact) mass is 413 g/mol. The van der Waals surface area contributed by atoms with Gasteiger partial charge in [0.1, 0.15) is 5.52 Å². The summed E-state index contributed by atoms with van der Waals surface area (Å²) in [7, 11) is -2.11. The van der Waals surface area contributed by atoms with Crippen molar-refractivity contribution in [2.24, 2.45) is 7.05 Å². The molecule has 1 aliphatic rings. The molecular formula is C20H19N3O5S. The van der Waals surface area contributed by atoms with Gasteiger partial charge in [-0.3, -0.25) is 4.57 Å². The molecule has 8 nitrogen and oxygen atoms in total. The minimum atomic E-state index is -3.67. The van der Waals surface area contributed by atoms with E-state index in [9.17, 15) is 13.2 Å². The molecule has 0 radical (unpaired) electrons. The van der Waals surface area contributed by atoms with Crippen molar-refractivity contribution in [3.05, 3.63) is 58.9 Å². The number of aryl methyl sites for hydroxylation is 1. The zero-order valence-electron chi connectivity index (χ0n) is 15.7. The van der Waals surface area contributed by atoms with Crippen LogP contribution in [0.25, 0.3) is 22.2 Å². The Labute approximate surface area is 166 Å². The second kappa shape index (κ2) is 6.57. The van der Waals surface area contributed by atoms with Crippen LogP contribution in [0, 0.1) is 0 Å². The highest BCUT2D eigenvalue weighted by Crippen LogP contribution is 2.32. The van der Waals surface area contributed by atoms with Gasteiger partial charge in [0, 0.05) is 26.1 Å². The van der Waals surface area contributed by atoms with Crippen LogP contribution in [-0.4, -0.2) is 35.4 Å². The summed E-state index contributed by atoms with van der Waals surface area (Å²) in [5, 5.41) is 0. The molecule has 0 bridgehead atoms. The van der Waals surface area contributed by atoms with Crippen molar-refractivity contribution >= 4 is 32.2 Å². The highest BCUT2D eigenvalue weighted by Gasteiger charge is 2.32. The van der Waals surface area contributed by atoms with Gasteiger partial charge in [0.05, 0.1) is 10.4 Å². The minimum absolute atomic E-state index is 0.0889. The predicted molar refractivity (Wildman–Crippen MR) is 106 cm³/mol. The molecule has 1 saturated heterocycles. The predicted octanol–water partition coefficient (Wildman–Crippen LogP) is 2.84. The van der Waals surface area contributed by atoms with Crippen LogP contribution in [0.2, 0.25) is 0 Å². The van der Waals surface area contributed by atoms with E-state index >= 15 is 0 Å².